The number of piperidine rings is 1. The molecule has 1 aliphatic rings. The fourth-order valence-corrected chi connectivity index (χ4v) is 5.56. The summed E-state index contributed by atoms with van der Waals surface area (Å²) in [5.74, 6) is 0.540. The summed E-state index contributed by atoms with van der Waals surface area (Å²) < 4.78 is 5.99. The zero-order chi connectivity index (χ0) is 27.4. The van der Waals surface area contributed by atoms with Crippen molar-refractivity contribution in [2.75, 3.05) is 38.2 Å². The van der Waals surface area contributed by atoms with Crippen LogP contribution in [0.2, 0.25) is 5.02 Å². The maximum Gasteiger partial charge on any atom is 0.253 e. The molecule has 0 aliphatic carbocycles. The number of carbonyl (C=O) groups excluding carboxylic acids is 2. The van der Waals surface area contributed by atoms with E-state index in [4.69, 9.17) is 16.3 Å². The number of methoxy groups -OCH3 is 1. The first-order valence-corrected chi connectivity index (χ1v) is 13.3. The Labute approximate surface area is 232 Å². The van der Waals surface area contributed by atoms with Gasteiger partial charge in [-0.1, -0.05) is 35.9 Å². The second-order valence-corrected chi connectivity index (χ2v) is 10.00. The first kappa shape index (κ1) is 26.6. The first-order chi connectivity index (χ1) is 18.9. The molecule has 0 saturated carbocycles. The largest absolute Gasteiger partial charge is 0.373 e. The highest BCUT2D eigenvalue weighted by atomic mass is 35.5. The van der Waals surface area contributed by atoms with E-state index in [-0.39, 0.29) is 11.8 Å². The Balaban J connectivity index is 1.39. The highest BCUT2D eigenvalue weighted by Gasteiger charge is 2.39. The summed E-state index contributed by atoms with van der Waals surface area (Å²) >= 11 is 6.50. The van der Waals surface area contributed by atoms with Crippen LogP contribution in [0.4, 0.5) is 11.5 Å². The van der Waals surface area contributed by atoms with E-state index in [2.05, 4.69) is 20.3 Å². The molecule has 0 bridgehead atoms. The third kappa shape index (κ3) is 5.46. The van der Waals surface area contributed by atoms with E-state index in [1.165, 1.54) is 13.3 Å². The van der Waals surface area contributed by atoms with Crippen LogP contribution >= 0.6 is 11.6 Å². The Morgan fingerprint density at radius 1 is 1.13 bits per heavy atom. The molecule has 1 fully saturated rings. The van der Waals surface area contributed by atoms with Crippen molar-refractivity contribution in [3.05, 3.63) is 83.3 Å². The zero-order valence-corrected chi connectivity index (χ0v) is 22.7. The van der Waals surface area contributed by atoms with Crippen molar-refractivity contribution < 1.29 is 14.3 Å². The van der Waals surface area contributed by atoms with Crippen LogP contribution in [-0.4, -0.2) is 65.0 Å². The Hall–Kier alpha value is -3.95. The number of nitrogens with one attached hydrogen (secondary N) is 2. The lowest BCUT2D eigenvalue weighted by Crippen LogP contribution is -2.46. The molecule has 9 nitrogen and oxygen atoms in total. The van der Waals surface area contributed by atoms with E-state index < -0.39 is 5.60 Å². The molecular formula is C29H31ClN6O3. The number of carbonyl (C=O) groups is 2. The highest BCUT2D eigenvalue weighted by Crippen LogP contribution is 2.40. The van der Waals surface area contributed by atoms with Gasteiger partial charge in [0.2, 0.25) is 5.91 Å². The van der Waals surface area contributed by atoms with Crippen molar-refractivity contribution in [2.24, 2.45) is 0 Å². The van der Waals surface area contributed by atoms with Crippen LogP contribution in [0.1, 0.15) is 35.7 Å². The van der Waals surface area contributed by atoms with Crippen molar-refractivity contribution in [3.8, 4) is 0 Å². The molecule has 1 saturated heterocycles. The summed E-state index contributed by atoms with van der Waals surface area (Å²) in [4.78, 5) is 41.0. The summed E-state index contributed by atoms with van der Waals surface area (Å²) in [6, 6.07) is 17.2. The number of H-pyrrole nitrogens is 1. The molecule has 0 spiro atoms. The van der Waals surface area contributed by atoms with E-state index >= 15 is 0 Å². The number of ether oxygens (including phenoxy) is 1. The lowest BCUT2D eigenvalue weighted by atomic mass is 9.84. The van der Waals surface area contributed by atoms with Crippen LogP contribution in [-0.2, 0) is 15.1 Å². The predicted octanol–water partition coefficient (Wildman–Crippen LogP) is 4.66. The molecule has 0 radical (unpaired) electrons. The van der Waals surface area contributed by atoms with E-state index in [1.54, 1.807) is 7.11 Å². The summed E-state index contributed by atoms with van der Waals surface area (Å²) in [6.07, 6.45) is 4.61. The second-order valence-electron chi connectivity index (χ2n) is 9.59. The van der Waals surface area contributed by atoms with E-state index in [0.29, 0.717) is 61.1 Å². The third-order valence-electron chi connectivity index (χ3n) is 7.32. The SMILES string of the molecule is COC1(c2ccccc2Cl)CCN(C(=O)c2cccc(N(CCNC(C)=O)c3ncnc4[nH]ccc34)c2)CC1. The Kier molecular flexibility index (Phi) is 7.81. The van der Waals surface area contributed by atoms with E-state index in [9.17, 15) is 9.59 Å². The molecule has 0 unspecified atom stereocenters. The maximum atomic E-state index is 13.6. The predicted molar refractivity (Wildman–Crippen MR) is 151 cm³/mol. The van der Waals surface area contributed by atoms with Crippen molar-refractivity contribution in [1.29, 1.82) is 0 Å². The summed E-state index contributed by atoms with van der Waals surface area (Å²) in [6.45, 7) is 3.46. The van der Waals surface area contributed by atoms with Crippen molar-refractivity contribution in [3.63, 3.8) is 0 Å². The van der Waals surface area contributed by atoms with Crippen LogP contribution in [0.3, 0.4) is 0 Å². The smallest absolute Gasteiger partial charge is 0.253 e. The average molecular weight is 547 g/mol. The summed E-state index contributed by atoms with van der Waals surface area (Å²) in [5, 5.41) is 4.37. The summed E-state index contributed by atoms with van der Waals surface area (Å²) in [7, 11) is 1.70. The minimum absolute atomic E-state index is 0.0444. The standard InChI is InChI=1S/C29H31ClN6O3/c1-20(37)31-14-17-36(27-23-10-13-32-26(23)33-19-34-27)22-7-5-6-21(18-22)28(38)35-15-11-29(39-2,12-16-35)24-8-3-4-9-25(24)30/h3-10,13,18-19H,11-12,14-17H2,1-2H3,(H,31,37)(H,32,33,34). The number of aromatic amines is 1. The molecule has 1 aliphatic heterocycles. The number of halogens is 1. The average Bonchev–Trinajstić information content (AvgIpc) is 3.45. The Bertz CT molecular complexity index is 1480. The molecule has 39 heavy (non-hydrogen) atoms. The molecule has 2 aromatic heterocycles. The topological polar surface area (TPSA) is 103 Å². The van der Waals surface area contributed by atoms with Crippen molar-refractivity contribution >= 4 is 46.0 Å². The molecule has 5 rings (SSSR count). The molecule has 2 N–H and O–H groups in total. The van der Waals surface area contributed by atoms with Crippen LogP contribution in [0.5, 0.6) is 0 Å². The van der Waals surface area contributed by atoms with Gasteiger partial charge in [-0.05, 0) is 43.2 Å². The van der Waals surface area contributed by atoms with Gasteiger partial charge in [0.25, 0.3) is 5.91 Å². The van der Waals surface area contributed by atoms with Crippen molar-refractivity contribution in [2.45, 2.75) is 25.4 Å². The molecule has 2 amide bonds. The number of hydrogen-bond donors (Lipinski definition) is 2. The van der Waals surface area contributed by atoms with Crippen LogP contribution < -0.4 is 10.2 Å². The van der Waals surface area contributed by atoms with Gasteiger partial charge in [0, 0.05) is 68.2 Å². The van der Waals surface area contributed by atoms with Gasteiger partial charge in [0.05, 0.1) is 11.0 Å². The lowest BCUT2D eigenvalue weighted by molar-refractivity contribution is -0.118. The Morgan fingerprint density at radius 3 is 2.67 bits per heavy atom. The molecular weight excluding hydrogens is 516 g/mol. The number of likely N-dealkylation sites (tertiary alicyclic amines) is 1. The highest BCUT2D eigenvalue weighted by molar-refractivity contribution is 6.31. The fourth-order valence-electron chi connectivity index (χ4n) is 5.25. The Morgan fingerprint density at radius 2 is 1.92 bits per heavy atom. The maximum absolute atomic E-state index is 13.6. The molecule has 10 heteroatoms. The van der Waals surface area contributed by atoms with Gasteiger partial charge >= 0.3 is 0 Å². The van der Waals surface area contributed by atoms with Gasteiger partial charge in [-0.25, -0.2) is 9.97 Å². The van der Waals surface area contributed by atoms with Crippen molar-refractivity contribution in [1.82, 2.24) is 25.2 Å². The molecule has 3 heterocycles. The number of anilines is 2. The monoisotopic (exact) mass is 546 g/mol. The number of aromatic nitrogens is 3. The minimum atomic E-state index is -0.521. The minimum Gasteiger partial charge on any atom is -0.373 e. The number of fused-ring (bicyclic) bond motifs is 1. The van der Waals surface area contributed by atoms with Gasteiger partial charge in [-0.15, -0.1) is 0 Å². The third-order valence-corrected chi connectivity index (χ3v) is 7.65. The quantitative estimate of drug-likeness (QED) is 0.333. The van der Waals surface area contributed by atoms with Gasteiger partial charge < -0.3 is 24.8 Å². The van der Waals surface area contributed by atoms with Crippen LogP contribution in [0.15, 0.2) is 67.1 Å². The number of rotatable bonds is 8. The van der Waals surface area contributed by atoms with Crippen LogP contribution in [0.25, 0.3) is 11.0 Å². The fraction of sp³-hybridized carbons (Fsp3) is 0.310. The number of hydrogen-bond acceptors (Lipinski definition) is 6. The number of amides is 2. The van der Waals surface area contributed by atoms with E-state index in [1.807, 2.05) is 70.6 Å². The van der Waals surface area contributed by atoms with Gasteiger partial charge in [-0.2, -0.15) is 0 Å². The molecule has 4 aromatic rings. The molecule has 0 atom stereocenters. The van der Waals surface area contributed by atoms with Crippen LogP contribution in [0, 0.1) is 0 Å². The van der Waals surface area contributed by atoms with E-state index in [0.717, 1.165) is 16.6 Å². The second kappa shape index (κ2) is 11.4. The van der Waals surface area contributed by atoms with Gasteiger partial charge in [-0.3, -0.25) is 9.59 Å². The van der Waals surface area contributed by atoms with Gasteiger partial charge in [0.1, 0.15) is 17.8 Å². The summed E-state index contributed by atoms with van der Waals surface area (Å²) in [5.41, 5.74) is 2.53. The molecule has 202 valence electrons. The molecule has 2 aromatic carbocycles. The number of benzene rings is 2. The van der Waals surface area contributed by atoms with Gasteiger partial charge in [0.15, 0.2) is 0 Å². The zero-order valence-electron chi connectivity index (χ0n) is 22.0. The number of nitrogens with zero attached hydrogens (tertiary/aromatic N) is 4. The normalized spacial score (nSPS) is 14.8. The first-order valence-electron chi connectivity index (χ1n) is 12.9. The lowest BCUT2D eigenvalue weighted by Gasteiger charge is -2.41.